The average molecular weight is 1530 g/mol. The number of hydrogen-bond donors (Lipinski definition) is 5. The molecule has 9 aromatic heterocycles. The maximum atomic E-state index is 12.7. The number of halogens is 7. The van der Waals surface area contributed by atoms with Crippen LogP contribution in [0.4, 0.5) is 61.2 Å². The van der Waals surface area contributed by atoms with E-state index in [1.807, 2.05) is 139 Å². The molecule has 0 aliphatic heterocycles. The minimum absolute atomic E-state index is 0.0305. The Morgan fingerprint density at radius 2 is 0.822 bits per heavy atom. The molecule has 0 bridgehead atoms. The normalized spacial score (nSPS) is 12.0. The lowest BCUT2D eigenvalue weighted by molar-refractivity contribution is -0.144. The fraction of sp³-hybridized carbons (Fsp3) is 0.169. The minimum Gasteiger partial charge on any atom is -0.468 e. The summed E-state index contributed by atoms with van der Waals surface area (Å²) >= 11 is 3.03. The molecule has 9 heterocycles. The van der Waals surface area contributed by atoms with Gasteiger partial charge < -0.3 is 57.9 Å². The summed E-state index contributed by atoms with van der Waals surface area (Å²) in [6.07, 6.45) is 4.85. The highest BCUT2D eigenvalue weighted by Crippen LogP contribution is 2.37. The molecule has 0 aliphatic rings. The van der Waals surface area contributed by atoms with Crippen LogP contribution >= 0.6 is 15.9 Å². The van der Waals surface area contributed by atoms with Gasteiger partial charge in [0.15, 0.2) is 0 Å². The second-order valence-electron chi connectivity index (χ2n) is 22.9. The van der Waals surface area contributed by atoms with E-state index in [0.717, 1.165) is 61.1 Å². The number of carbonyl (C=O) groups excluding carboxylic acids is 2. The monoisotopic (exact) mass is 1530 g/mol. The largest absolute Gasteiger partial charge is 0.468 e. The highest BCUT2D eigenvalue weighted by molar-refractivity contribution is 9.10. The van der Waals surface area contributed by atoms with E-state index in [1.54, 1.807) is 37.4 Å². The van der Waals surface area contributed by atoms with Crippen molar-refractivity contribution in [2.45, 2.75) is 57.0 Å². The van der Waals surface area contributed by atoms with Gasteiger partial charge in [0, 0.05) is 70.9 Å². The number of esters is 2. The van der Waals surface area contributed by atoms with E-state index in [0.29, 0.717) is 45.0 Å². The molecule has 29 nitrogen and oxygen atoms in total. The van der Waals surface area contributed by atoms with Crippen molar-refractivity contribution in [1.29, 1.82) is 0 Å². The number of anilines is 6. The molecule has 15 aromatic rings. The highest BCUT2D eigenvalue weighted by Gasteiger charge is 2.24. The van der Waals surface area contributed by atoms with Gasteiger partial charge in [-0.1, -0.05) is 107 Å². The van der Waals surface area contributed by atoms with E-state index in [9.17, 15) is 41.0 Å². The molecule has 6 aromatic carbocycles. The number of methoxy groups -OCH3 is 2. The van der Waals surface area contributed by atoms with Crippen LogP contribution in [0.1, 0.15) is 69.8 Å². The third-order valence-electron chi connectivity index (χ3n) is 15.7. The van der Waals surface area contributed by atoms with Gasteiger partial charge in [-0.2, -0.15) is 26.3 Å². The van der Waals surface area contributed by atoms with Crippen LogP contribution in [0, 0.1) is 0 Å². The first-order valence-corrected chi connectivity index (χ1v) is 32.9. The molecule has 3 unspecified atom stereocenters. The molecule has 0 radical (unpaired) electrons. The minimum atomic E-state index is -2.86. The summed E-state index contributed by atoms with van der Waals surface area (Å²) < 4.78 is 104. The van der Waals surface area contributed by atoms with E-state index >= 15 is 0 Å². The maximum Gasteiger partial charge on any atom is 0.328 e. The number of carbonyl (C=O) groups is 2. The first-order chi connectivity index (χ1) is 51.8. The number of ether oxygens (including phenoxy) is 2. The van der Waals surface area contributed by atoms with Gasteiger partial charge >= 0.3 is 31.2 Å². The van der Waals surface area contributed by atoms with Crippen LogP contribution in [-0.4, -0.2) is 132 Å². The summed E-state index contributed by atoms with van der Waals surface area (Å²) in [5.41, 5.74) is 13.5. The van der Waals surface area contributed by atoms with Crippen molar-refractivity contribution in [2.24, 2.45) is 0 Å². The molecule has 0 spiro atoms. The Morgan fingerprint density at radius 1 is 0.467 bits per heavy atom. The first-order valence-electron chi connectivity index (χ1n) is 32.0. The fourth-order valence-corrected chi connectivity index (χ4v) is 10.6. The van der Waals surface area contributed by atoms with Gasteiger partial charge in [-0.3, -0.25) is 4.79 Å². The van der Waals surface area contributed by atoms with Gasteiger partial charge in [0.1, 0.15) is 10.9 Å². The molecule has 0 saturated heterocycles. The number of hydrogen-bond acceptors (Lipinski definition) is 26. The summed E-state index contributed by atoms with van der Waals surface area (Å²) in [7, 11) is 2.70. The van der Waals surface area contributed by atoms with Crippen molar-refractivity contribution in [3.05, 3.63) is 201 Å². The number of aromatic nitrogens is 18. The number of H-pyrrole nitrogens is 1. The SMILES string of the molecule is CC(CO)n1cnc2c(-c3ccccc3)cc(Nc3ncc(-c4nnc(C(F)F)o4)cn3)cc21.COC(=O)C(C)Br.COC(=O)C(C)n1cnc2c(-c3ccccc3)cc(Nc3ncc(-c4nnc(C(F)F)o4)cn3)cc21.FC(F)c1nnc(-c2cnc(Nc3cc(-c4ccccc4)c4nc[nH]c4c3)nc2)o1. The van der Waals surface area contributed by atoms with Crippen LogP contribution in [0.25, 0.3) is 101 Å². The third kappa shape index (κ3) is 17.4. The number of fused-ring (bicyclic) bond motifs is 3. The van der Waals surface area contributed by atoms with E-state index in [1.165, 1.54) is 51.4 Å². The molecule has 0 fully saturated rings. The first kappa shape index (κ1) is 73.5. The van der Waals surface area contributed by atoms with Gasteiger partial charge in [0.2, 0.25) is 17.8 Å². The van der Waals surface area contributed by atoms with Crippen molar-refractivity contribution in [3.63, 3.8) is 0 Å². The zero-order chi connectivity index (χ0) is 75.3. The van der Waals surface area contributed by atoms with Crippen molar-refractivity contribution in [3.8, 4) is 67.7 Å². The molecular formula is C71H58BrF6N21O8. The summed E-state index contributed by atoms with van der Waals surface area (Å²) in [5, 5.41) is 39.8. The maximum absolute atomic E-state index is 12.7. The van der Waals surface area contributed by atoms with Crippen LogP contribution in [0.2, 0.25) is 0 Å². The Bertz CT molecular complexity index is 5480. The highest BCUT2D eigenvalue weighted by atomic mass is 79.9. The Kier molecular flexibility index (Phi) is 23.0. The Morgan fingerprint density at radius 3 is 1.16 bits per heavy atom. The van der Waals surface area contributed by atoms with Gasteiger partial charge in [0.05, 0.1) is 95.6 Å². The number of benzene rings is 6. The Balaban J connectivity index is 0.000000144. The molecule has 0 saturated carbocycles. The predicted molar refractivity (Wildman–Crippen MR) is 381 cm³/mol. The number of nitrogens with one attached hydrogen (secondary N) is 4. The molecule has 36 heteroatoms. The lowest BCUT2D eigenvalue weighted by atomic mass is 10.0. The topological polar surface area (TPSA) is 367 Å². The summed E-state index contributed by atoms with van der Waals surface area (Å²) in [4.78, 5) is 64.3. The molecule has 0 aliphatic carbocycles. The number of aliphatic hydroxyl groups excluding tert-OH is 1. The van der Waals surface area contributed by atoms with E-state index in [-0.39, 0.29) is 53.0 Å². The summed E-state index contributed by atoms with van der Waals surface area (Å²) in [5.74, 6) is -2.30. The lowest BCUT2D eigenvalue weighted by Crippen LogP contribution is -2.17. The Labute approximate surface area is 609 Å². The van der Waals surface area contributed by atoms with E-state index in [2.05, 4.69) is 117 Å². The zero-order valence-corrected chi connectivity index (χ0v) is 58.1. The van der Waals surface area contributed by atoms with Gasteiger partial charge in [-0.15, -0.1) is 30.6 Å². The van der Waals surface area contributed by atoms with Gasteiger partial charge in [0.25, 0.3) is 35.3 Å². The second-order valence-corrected chi connectivity index (χ2v) is 24.3. The fourth-order valence-electron chi connectivity index (χ4n) is 10.5. The second kappa shape index (κ2) is 33.5. The molecule has 107 heavy (non-hydrogen) atoms. The Hall–Kier alpha value is -13.3. The van der Waals surface area contributed by atoms with Gasteiger partial charge in [-0.25, -0.2) is 49.7 Å². The smallest absolute Gasteiger partial charge is 0.328 e. The van der Waals surface area contributed by atoms with E-state index < -0.39 is 49.0 Å². The molecule has 544 valence electrons. The van der Waals surface area contributed by atoms with Gasteiger partial charge in [-0.05, 0) is 73.9 Å². The van der Waals surface area contributed by atoms with Crippen LogP contribution < -0.4 is 16.0 Å². The number of aliphatic hydroxyl groups is 1. The molecule has 3 atom stereocenters. The lowest BCUT2D eigenvalue weighted by Gasteiger charge is -2.14. The van der Waals surface area contributed by atoms with Crippen LogP contribution in [0.15, 0.2) is 197 Å². The molecule has 15 rings (SSSR count). The average Bonchev–Trinajstić information content (AvgIpc) is 1.65. The summed E-state index contributed by atoms with van der Waals surface area (Å²) in [6, 6.07) is 40.1. The van der Waals surface area contributed by atoms with Crippen molar-refractivity contribution in [2.75, 3.05) is 36.8 Å². The van der Waals surface area contributed by atoms with Crippen LogP contribution in [-0.2, 0) is 19.1 Å². The quantitative estimate of drug-likeness (QED) is 0.0269. The van der Waals surface area contributed by atoms with E-state index in [4.69, 9.17) is 18.0 Å². The van der Waals surface area contributed by atoms with Crippen LogP contribution in [0.3, 0.4) is 0 Å². The number of rotatable bonds is 20. The third-order valence-corrected chi connectivity index (χ3v) is 16.1. The molecular weight excluding hydrogens is 1470 g/mol. The molecule has 0 amide bonds. The molecule has 5 N–H and O–H groups in total. The van der Waals surface area contributed by atoms with Crippen molar-refractivity contribution >= 4 is 95.9 Å². The number of nitrogens with zero attached hydrogens (tertiary/aromatic N) is 17. The predicted octanol–water partition coefficient (Wildman–Crippen LogP) is 15.4. The van der Waals surface area contributed by atoms with Crippen molar-refractivity contribution in [1.82, 2.24) is 89.6 Å². The zero-order valence-electron chi connectivity index (χ0n) is 56.5. The summed E-state index contributed by atoms with van der Waals surface area (Å²) in [6.45, 7) is 5.32. The van der Waals surface area contributed by atoms with Crippen molar-refractivity contribution < 1.29 is 63.8 Å². The van der Waals surface area contributed by atoms with Crippen LogP contribution in [0.5, 0.6) is 0 Å². The number of imidazole rings is 3. The number of aromatic amines is 1. The number of alkyl halides is 7. The standard InChI is InChI=1S/C24H19F2N7O3.C23H19F2N7O2.C20H13F2N7O.C4H7BrO2/c1-13(23(34)35-2)33-12-29-19-17(14-6-4-3-5-7-14)8-16(9-18(19)33)30-24-27-10-15(11-28-24)21-31-32-22(36-21)20(25)26;1-13(11-33)32-12-28-19-17(14-5-3-2-4-6-14)7-16(8-18(19)32)29-23-26-9-15(10-27-23)21-30-31-22(34-21)20(24)25;21-17(22)19-29-28-18(30-19)12-8-23-20(24-9-12)27-13-6-14(11-4-2-1-3-5-11)16-15(7-13)25-10-26-16;1-3(5)4(6)7-2/h3-13,20H,1-2H3,(H,27,28,30);2-10,12-13,20,33H,11H2,1H3,(H,26,27,29);1-10,17H,(H,25,26)(H,23,24,27);3H,1-2H3.